The molecule has 0 spiro atoms. The molecule has 0 fully saturated rings. The summed E-state index contributed by atoms with van der Waals surface area (Å²) in [4.78, 5) is 20.0. The van der Waals surface area contributed by atoms with Crippen molar-refractivity contribution in [3.8, 4) is 11.5 Å². The van der Waals surface area contributed by atoms with E-state index in [1.165, 1.54) is 101 Å². The van der Waals surface area contributed by atoms with Gasteiger partial charge in [0.25, 0.3) is 0 Å². The molecule has 1 N–H and O–H groups in total. The molecule has 2 aromatic heterocycles. The Labute approximate surface area is 354 Å². The Balaban J connectivity index is 1.02. The third-order valence-corrected chi connectivity index (χ3v) is 12.2. The number of anilines is 1. The molecule has 0 aliphatic carbocycles. The van der Waals surface area contributed by atoms with Crippen LogP contribution < -0.4 is 19.6 Å². The molecule has 59 heavy (non-hydrogen) atoms. The van der Waals surface area contributed by atoms with Crippen LogP contribution in [0.3, 0.4) is 0 Å². The largest absolute Gasteiger partial charge is 0.494 e. The molecule has 0 saturated carbocycles. The second-order valence-corrected chi connectivity index (χ2v) is 16.7. The number of fused-ring (bicyclic) bond motifs is 2. The number of aromatic nitrogens is 4. The second-order valence-electron chi connectivity index (χ2n) is 15.7. The number of nitrogens with one attached hydrogen (secondary N) is 1. The van der Waals surface area contributed by atoms with Crippen molar-refractivity contribution in [1.29, 1.82) is 0 Å². The average molecular weight is 817 g/mol. The second kappa shape index (κ2) is 23.6. The number of benzene rings is 4. The fourth-order valence-electron chi connectivity index (χ4n) is 7.67. The summed E-state index contributed by atoms with van der Waals surface area (Å²) in [6.45, 7) is 5.42. The van der Waals surface area contributed by atoms with Gasteiger partial charge >= 0.3 is 0 Å². The summed E-state index contributed by atoms with van der Waals surface area (Å²) in [5, 5.41) is 12.2. The van der Waals surface area contributed by atoms with E-state index in [2.05, 4.69) is 39.3 Å². The Kier molecular flexibility index (Phi) is 17.4. The minimum absolute atomic E-state index is 0.209. The molecule has 1 unspecified atom stereocenters. The molecule has 9 nitrogen and oxygen atoms in total. The summed E-state index contributed by atoms with van der Waals surface area (Å²) in [5.41, 5.74) is 4.93. The van der Waals surface area contributed by atoms with E-state index in [1.807, 2.05) is 92.8 Å². The average Bonchev–Trinajstić information content (AvgIpc) is 3.81. The van der Waals surface area contributed by atoms with E-state index < -0.39 is 6.04 Å². The number of aryl methyl sites for hydroxylation is 1. The van der Waals surface area contributed by atoms with Gasteiger partial charge in [0.05, 0.1) is 40.3 Å². The number of hydrogen-bond donors (Lipinski definition) is 1. The topological polar surface area (TPSA) is 95.6 Å². The van der Waals surface area contributed by atoms with Crippen molar-refractivity contribution in [1.82, 2.24) is 19.6 Å². The smallest absolute Gasteiger partial charge is 0.249 e. The molecule has 0 radical (unpaired) electrons. The van der Waals surface area contributed by atoms with Crippen molar-refractivity contribution in [3.63, 3.8) is 0 Å². The number of ether oxygens (including phenoxy) is 2. The summed E-state index contributed by atoms with van der Waals surface area (Å²) in [5.74, 6) is 1.26. The van der Waals surface area contributed by atoms with Gasteiger partial charge in [0, 0.05) is 13.5 Å². The van der Waals surface area contributed by atoms with Crippen molar-refractivity contribution in [3.05, 3.63) is 101 Å². The van der Waals surface area contributed by atoms with Crippen LogP contribution in [-0.4, -0.2) is 38.7 Å². The van der Waals surface area contributed by atoms with Crippen molar-refractivity contribution >= 4 is 49.9 Å². The lowest BCUT2D eigenvalue weighted by atomic mass is 10.0. The lowest BCUT2D eigenvalue weighted by molar-refractivity contribution is -0.119. The van der Waals surface area contributed by atoms with E-state index >= 15 is 0 Å². The quantitative estimate of drug-likeness (QED) is 0.0550. The van der Waals surface area contributed by atoms with Crippen LogP contribution in [-0.2, 0) is 18.3 Å². The van der Waals surface area contributed by atoms with Crippen LogP contribution in [0.25, 0.3) is 21.3 Å². The summed E-state index contributed by atoms with van der Waals surface area (Å²) in [6.07, 6.45) is 22.1. The van der Waals surface area contributed by atoms with Gasteiger partial charge in [-0.05, 0) is 73.5 Å². The molecule has 0 aliphatic rings. The standard InChI is InChI=1S/C49H64N6O3S/c1-4-6-7-8-9-10-11-12-13-14-15-16-17-18-19-24-35-58-40-32-29-38(30-33-40)36-45(48(56)51-41-25-20-22-27-46(41)57-5-2)55-43-34-31-39(37-42(43)52-53-55)50-49-54(3)44-26-21-23-28-47(44)59-49/h20-23,25-34,37,45H,4-19,24,35-36H2,1-3H3,(H,51,56)/b50-49-. The Morgan fingerprint density at radius 1 is 0.729 bits per heavy atom. The van der Waals surface area contributed by atoms with Gasteiger partial charge in [-0.3, -0.25) is 4.79 Å². The highest BCUT2D eigenvalue weighted by atomic mass is 32.1. The van der Waals surface area contributed by atoms with Crippen LogP contribution in [0.2, 0.25) is 0 Å². The van der Waals surface area contributed by atoms with E-state index in [1.54, 1.807) is 16.0 Å². The molecule has 1 amide bonds. The third-order valence-electron chi connectivity index (χ3n) is 11.1. The van der Waals surface area contributed by atoms with E-state index in [9.17, 15) is 4.79 Å². The molecule has 6 rings (SSSR count). The first-order valence-electron chi connectivity index (χ1n) is 22.2. The van der Waals surface area contributed by atoms with Crippen molar-refractivity contribution < 1.29 is 14.3 Å². The van der Waals surface area contributed by atoms with E-state index in [0.29, 0.717) is 36.6 Å². The normalized spacial score (nSPS) is 12.4. The maximum Gasteiger partial charge on any atom is 0.249 e. The molecule has 0 bridgehead atoms. The monoisotopic (exact) mass is 816 g/mol. The Morgan fingerprint density at radius 3 is 2.05 bits per heavy atom. The van der Waals surface area contributed by atoms with Gasteiger partial charge in [0.2, 0.25) is 5.91 Å². The minimum Gasteiger partial charge on any atom is -0.494 e. The molecule has 2 heterocycles. The third kappa shape index (κ3) is 13.0. The molecule has 4 aromatic carbocycles. The van der Waals surface area contributed by atoms with Crippen molar-refractivity contribution in [2.45, 2.75) is 129 Å². The number of unbranched alkanes of at least 4 members (excludes halogenated alkanes) is 15. The molecule has 314 valence electrons. The lowest BCUT2D eigenvalue weighted by Crippen LogP contribution is -2.29. The molecular formula is C49H64N6O3S. The number of amides is 1. The van der Waals surface area contributed by atoms with Gasteiger partial charge in [-0.25, -0.2) is 9.67 Å². The SMILES string of the molecule is CCCCCCCCCCCCCCCCCCOc1ccc(CC(C(=O)Nc2ccccc2OCC)n2nnc3cc(/N=c4\sc5ccccc5n4C)ccc32)cc1. The number of carbonyl (C=O) groups is 1. The highest BCUT2D eigenvalue weighted by Gasteiger charge is 2.26. The Bertz CT molecular complexity index is 2240. The first-order chi connectivity index (χ1) is 29.0. The van der Waals surface area contributed by atoms with Crippen molar-refractivity contribution in [2.24, 2.45) is 12.0 Å². The summed E-state index contributed by atoms with van der Waals surface area (Å²) in [7, 11) is 2.03. The number of nitrogens with zero attached hydrogens (tertiary/aromatic N) is 5. The first-order valence-corrected chi connectivity index (χ1v) is 23.0. The molecule has 0 saturated heterocycles. The Morgan fingerprint density at radius 2 is 1.37 bits per heavy atom. The number of hydrogen-bond acceptors (Lipinski definition) is 7. The van der Waals surface area contributed by atoms with Crippen LogP contribution >= 0.6 is 11.3 Å². The van der Waals surface area contributed by atoms with E-state index in [-0.39, 0.29) is 5.91 Å². The number of thiazole rings is 1. The van der Waals surface area contributed by atoms with Crippen molar-refractivity contribution in [2.75, 3.05) is 18.5 Å². The van der Waals surface area contributed by atoms with Crippen LogP contribution in [0.4, 0.5) is 11.4 Å². The summed E-state index contributed by atoms with van der Waals surface area (Å²) >= 11 is 1.64. The molecule has 10 heteroatoms. The number of rotatable bonds is 26. The highest BCUT2D eigenvalue weighted by Crippen LogP contribution is 2.29. The number of carbonyl (C=O) groups excluding carboxylic acids is 1. The number of para-hydroxylation sites is 3. The van der Waals surface area contributed by atoms with Gasteiger partial charge in [-0.15, -0.1) is 5.10 Å². The maximum atomic E-state index is 14.2. The molecule has 6 aromatic rings. The zero-order valence-corrected chi connectivity index (χ0v) is 36.4. The van der Waals surface area contributed by atoms with Crippen LogP contribution in [0.1, 0.15) is 128 Å². The zero-order chi connectivity index (χ0) is 41.1. The van der Waals surface area contributed by atoms with Crippen LogP contribution in [0.5, 0.6) is 11.5 Å². The van der Waals surface area contributed by atoms with Crippen LogP contribution in [0, 0.1) is 0 Å². The van der Waals surface area contributed by atoms with E-state index in [4.69, 9.17) is 14.5 Å². The maximum absolute atomic E-state index is 14.2. The molecular weight excluding hydrogens is 753 g/mol. The van der Waals surface area contributed by atoms with Gasteiger partial charge < -0.3 is 19.4 Å². The molecule has 0 aliphatic heterocycles. The highest BCUT2D eigenvalue weighted by molar-refractivity contribution is 7.16. The zero-order valence-electron chi connectivity index (χ0n) is 35.5. The predicted molar refractivity (Wildman–Crippen MR) is 244 cm³/mol. The van der Waals surface area contributed by atoms with Gasteiger partial charge in [-0.1, -0.05) is 156 Å². The fraction of sp³-hybridized carbons (Fsp3) is 0.469. The van der Waals surface area contributed by atoms with Gasteiger partial charge in [0.1, 0.15) is 23.1 Å². The minimum atomic E-state index is -0.685. The summed E-state index contributed by atoms with van der Waals surface area (Å²) < 4.78 is 16.9. The van der Waals surface area contributed by atoms with Gasteiger partial charge in [-0.2, -0.15) is 0 Å². The molecule has 1 atom stereocenters. The first kappa shape index (κ1) is 43.6. The predicted octanol–water partition coefficient (Wildman–Crippen LogP) is 12.7. The van der Waals surface area contributed by atoms with Crippen LogP contribution in [0.15, 0.2) is 96.0 Å². The Hall–Kier alpha value is -4.96. The summed E-state index contributed by atoms with van der Waals surface area (Å²) in [6, 6.07) is 29.0. The fourth-order valence-corrected chi connectivity index (χ4v) is 8.71. The van der Waals surface area contributed by atoms with Gasteiger partial charge in [0.15, 0.2) is 4.80 Å². The lowest BCUT2D eigenvalue weighted by Gasteiger charge is -2.19. The van der Waals surface area contributed by atoms with E-state index in [0.717, 1.165) is 39.3 Å².